The molecule has 0 spiro atoms. The lowest BCUT2D eigenvalue weighted by Crippen LogP contribution is -2.27. The van der Waals surface area contributed by atoms with Gasteiger partial charge in [-0.2, -0.15) is 13.2 Å². The molecular weight excluding hydrogens is 332 g/mol. The smallest absolute Gasteiger partial charge is 0.434 e. The Bertz CT molecular complexity index is 646. The van der Waals surface area contributed by atoms with Crippen molar-refractivity contribution in [3.63, 3.8) is 0 Å². The number of alkyl halides is 4. The molecule has 0 aliphatic heterocycles. The lowest BCUT2D eigenvalue weighted by molar-refractivity contribution is -0.141. The second-order valence-electron chi connectivity index (χ2n) is 3.87. The van der Waals surface area contributed by atoms with Crippen molar-refractivity contribution < 1.29 is 35.5 Å². The van der Waals surface area contributed by atoms with Crippen LogP contribution in [0.5, 0.6) is 0 Å². The van der Waals surface area contributed by atoms with E-state index < -0.39 is 51.5 Å². The molecule has 11 heteroatoms. The largest absolute Gasteiger partial charge is 0.462 e. The molecule has 22 heavy (non-hydrogen) atoms. The monoisotopic (exact) mass is 344 g/mol. The van der Waals surface area contributed by atoms with Crippen molar-refractivity contribution in [2.24, 2.45) is 0 Å². The third kappa shape index (κ3) is 4.37. The van der Waals surface area contributed by atoms with Crippen LogP contribution in [0.1, 0.15) is 23.0 Å². The molecular formula is C11H12F4N2O4S. The number of ether oxygens (including phenoxy) is 1. The fourth-order valence-corrected chi connectivity index (χ4v) is 2.42. The number of sulfonamides is 1. The number of aromatic nitrogens is 1. The van der Waals surface area contributed by atoms with E-state index in [1.54, 1.807) is 4.72 Å². The van der Waals surface area contributed by atoms with Gasteiger partial charge in [0.05, 0.1) is 12.2 Å². The maximum absolute atomic E-state index is 12.8. The number of halogens is 4. The van der Waals surface area contributed by atoms with Crippen molar-refractivity contribution in [2.75, 3.05) is 19.8 Å². The first-order chi connectivity index (χ1) is 10.1. The topological polar surface area (TPSA) is 85.4 Å². The highest BCUT2D eigenvalue weighted by Crippen LogP contribution is 2.31. The molecule has 1 heterocycles. The summed E-state index contributed by atoms with van der Waals surface area (Å²) in [5.74, 6) is -1.36. The Morgan fingerprint density at radius 2 is 2.05 bits per heavy atom. The highest BCUT2D eigenvalue weighted by Gasteiger charge is 2.38. The van der Waals surface area contributed by atoms with Gasteiger partial charge in [-0.25, -0.2) is 27.3 Å². The van der Waals surface area contributed by atoms with E-state index >= 15 is 0 Å². The van der Waals surface area contributed by atoms with Crippen molar-refractivity contribution in [1.29, 1.82) is 0 Å². The van der Waals surface area contributed by atoms with Crippen LogP contribution in [0, 0.1) is 0 Å². The summed E-state index contributed by atoms with van der Waals surface area (Å²) < 4.78 is 80.1. The van der Waals surface area contributed by atoms with Gasteiger partial charge in [-0.3, -0.25) is 0 Å². The highest BCUT2D eigenvalue weighted by atomic mass is 32.2. The fraction of sp³-hybridized carbons (Fsp3) is 0.455. The first kappa shape index (κ1) is 18.3. The predicted molar refractivity (Wildman–Crippen MR) is 66.4 cm³/mol. The zero-order valence-electron chi connectivity index (χ0n) is 11.3. The van der Waals surface area contributed by atoms with Crippen LogP contribution >= 0.6 is 0 Å². The molecule has 1 aromatic heterocycles. The van der Waals surface area contributed by atoms with Crippen molar-refractivity contribution >= 4 is 16.0 Å². The molecule has 6 nitrogen and oxygen atoms in total. The molecule has 0 radical (unpaired) electrons. The summed E-state index contributed by atoms with van der Waals surface area (Å²) in [4.78, 5) is 13.9. The van der Waals surface area contributed by atoms with Crippen molar-refractivity contribution in [1.82, 2.24) is 9.71 Å². The fourth-order valence-electron chi connectivity index (χ4n) is 1.44. The summed E-state index contributed by atoms with van der Waals surface area (Å²) in [6.07, 6.45) is -4.52. The number of carbonyl (C=O) groups is 1. The Balaban J connectivity index is 3.37. The maximum Gasteiger partial charge on any atom is 0.434 e. The van der Waals surface area contributed by atoms with E-state index in [0.717, 1.165) is 0 Å². The lowest BCUT2D eigenvalue weighted by Gasteiger charge is -2.12. The highest BCUT2D eigenvalue weighted by molar-refractivity contribution is 7.89. The summed E-state index contributed by atoms with van der Waals surface area (Å²) in [5, 5.41) is 0. The normalized spacial score (nSPS) is 12.2. The summed E-state index contributed by atoms with van der Waals surface area (Å²) in [6, 6.07) is 0.494. The minimum atomic E-state index is -4.96. The van der Waals surface area contributed by atoms with Crippen LogP contribution in [0.2, 0.25) is 0 Å². The maximum atomic E-state index is 12.8. The zero-order chi connectivity index (χ0) is 17.0. The summed E-state index contributed by atoms with van der Waals surface area (Å²) in [7, 11) is -4.28. The number of hydrogen-bond donors (Lipinski definition) is 1. The second kappa shape index (κ2) is 7.01. The van der Waals surface area contributed by atoms with Crippen molar-refractivity contribution in [2.45, 2.75) is 18.0 Å². The van der Waals surface area contributed by atoms with Crippen molar-refractivity contribution in [3.05, 3.63) is 23.5 Å². The quantitative estimate of drug-likeness (QED) is 0.625. The number of pyridine rings is 1. The van der Waals surface area contributed by atoms with Gasteiger partial charge in [0.2, 0.25) is 10.0 Å². The van der Waals surface area contributed by atoms with E-state index in [2.05, 4.69) is 9.72 Å². The van der Waals surface area contributed by atoms with Crippen molar-refractivity contribution in [3.8, 4) is 0 Å². The third-order valence-corrected chi connectivity index (χ3v) is 3.75. The van der Waals surface area contributed by atoms with Crippen LogP contribution in [0.25, 0.3) is 0 Å². The van der Waals surface area contributed by atoms with Gasteiger partial charge in [0.15, 0.2) is 5.69 Å². The number of carbonyl (C=O) groups excluding carboxylic acids is 1. The number of rotatable bonds is 6. The molecule has 0 aliphatic rings. The SMILES string of the molecule is CCOC(=O)c1cc(S(=O)(=O)NCCF)cnc1C(F)(F)F. The van der Waals surface area contributed by atoms with Gasteiger partial charge in [0, 0.05) is 12.7 Å². The van der Waals surface area contributed by atoms with E-state index in [-0.39, 0.29) is 6.61 Å². The van der Waals surface area contributed by atoms with Gasteiger partial charge in [0.1, 0.15) is 11.6 Å². The summed E-state index contributed by atoms with van der Waals surface area (Å²) >= 11 is 0. The molecule has 0 atom stereocenters. The van der Waals surface area contributed by atoms with Crippen LogP contribution in [0.15, 0.2) is 17.2 Å². The zero-order valence-corrected chi connectivity index (χ0v) is 12.1. The molecule has 0 bridgehead atoms. The minimum absolute atomic E-state index is 0.201. The number of hydrogen-bond acceptors (Lipinski definition) is 5. The third-order valence-electron chi connectivity index (χ3n) is 2.32. The van der Waals surface area contributed by atoms with Crippen LogP contribution in [0.3, 0.4) is 0 Å². The van der Waals surface area contributed by atoms with E-state index in [9.17, 15) is 30.8 Å². The molecule has 1 N–H and O–H groups in total. The Labute approximate surface area is 123 Å². The van der Waals surface area contributed by atoms with Gasteiger partial charge in [0.25, 0.3) is 0 Å². The lowest BCUT2D eigenvalue weighted by atomic mass is 10.2. The molecule has 0 aromatic carbocycles. The standard InChI is InChI=1S/C11H12F4N2O4S/c1-2-21-10(18)8-5-7(22(19,20)17-4-3-12)6-16-9(8)11(13,14)15/h5-6,17H,2-4H2,1H3. The first-order valence-electron chi connectivity index (χ1n) is 5.93. The van der Waals surface area contributed by atoms with E-state index in [4.69, 9.17) is 0 Å². The first-order valence-corrected chi connectivity index (χ1v) is 7.41. The molecule has 1 aromatic rings. The number of nitrogens with one attached hydrogen (secondary N) is 1. The van der Waals surface area contributed by atoms with Crippen LogP contribution in [-0.4, -0.2) is 39.2 Å². The van der Waals surface area contributed by atoms with Crippen LogP contribution < -0.4 is 4.72 Å². The minimum Gasteiger partial charge on any atom is -0.462 e. The van der Waals surface area contributed by atoms with Crippen LogP contribution in [0.4, 0.5) is 17.6 Å². The van der Waals surface area contributed by atoms with E-state index in [1.165, 1.54) is 6.92 Å². The molecule has 0 amide bonds. The molecule has 0 saturated carbocycles. The molecule has 1 rings (SSSR count). The Morgan fingerprint density at radius 3 is 2.55 bits per heavy atom. The second-order valence-corrected chi connectivity index (χ2v) is 5.64. The average Bonchev–Trinajstić information content (AvgIpc) is 2.44. The summed E-state index contributed by atoms with van der Waals surface area (Å²) in [5.41, 5.74) is -2.59. The van der Waals surface area contributed by atoms with E-state index in [0.29, 0.717) is 12.3 Å². The van der Waals surface area contributed by atoms with Gasteiger partial charge in [-0.1, -0.05) is 0 Å². The molecule has 0 fully saturated rings. The molecule has 0 saturated heterocycles. The van der Waals surface area contributed by atoms with E-state index in [1.807, 2.05) is 0 Å². The van der Waals surface area contributed by atoms with Crippen LogP contribution in [-0.2, 0) is 20.9 Å². The number of nitrogens with zero attached hydrogens (tertiary/aromatic N) is 1. The molecule has 124 valence electrons. The van der Waals surface area contributed by atoms with Gasteiger partial charge >= 0.3 is 12.1 Å². The predicted octanol–water partition coefficient (Wildman–Crippen LogP) is 1.52. The molecule has 0 unspecified atom stereocenters. The number of esters is 1. The molecule has 0 aliphatic carbocycles. The van der Waals surface area contributed by atoms with Gasteiger partial charge in [-0.05, 0) is 13.0 Å². The Hall–Kier alpha value is -1.75. The Morgan fingerprint density at radius 1 is 1.41 bits per heavy atom. The van der Waals surface area contributed by atoms with Gasteiger partial charge < -0.3 is 4.74 Å². The average molecular weight is 344 g/mol. The van der Waals surface area contributed by atoms with Gasteiger partial charge in [-0.15, -0.1) is 0 Å². The Kier molecular flexibility index (Phi) is 5.83. The summed E-state index contributed by atoms with van der Waals surface area (Å²) in [6.45, 7) is -0.384.